The molecule has 0 saturated carbocycles. The van der Waals surface area contributed by atoms with E-state index < -0.39 is 0 Å². The van der Waals surface area contributed by atoms with E-state index in [-0.39, 0.29) is 0 Å². The maximum Gasteiger partial charge on any atom is 0.0530 e. The molecule has 1 atom stereocenters. The molecule has 0 aromatic rings. The fourth-order valence-corrected chi connectivity index (χ4v) is 2.35. The summed E-state index contributed by atoms with van der Waals surface area (Å²) in [6.07, 6.45) is 3.73. The Bertz CT molecular complexity index is 137. The molecule has 1 unspecified atom stereocenters. The lowest BCUT2D eigenvalue weighted by molar-refractivity contribution is 0.0372. The minimum atomic E-state index is 0.371. The van der Waals surface area contributed by atoms with E-state index in [0.29, 0.717) is 5.41 Å². The number of hydrogen-bond donors (Lipinski definition) is 0. The highest BCUT2D eigenvalue weighted by atomic mass is 16.5. The van der Waals surface area contributed by atoms with Crippen molar-refractivity contribution in [3.8, 4) is 0 Å². The summed E-state index contributed by atoms with van der Waals surface area (Å²) in [5.74, 6) is 0. The lowest BCUT2D eigenvalue weighted by Gasteiger charge is -2.36. The molecule has 2 heteroatoms. The summed E-state index contributed by atoms with van der Waals surface area (Å²) in [6, 6.07) is 0. The highest BCUT2D eigenvalue weighted by molar-refractivity contribution is 4.81. The Morgan fingerprint density at radius 1 is 1.07 bits per heavy atom. The van der Waals surface area contributed by atoms with E-state index in [2.05, 4.69) is 32.6 Å². The van der Waals surface area contributed by atoms with Crippen LogP contribution in [0.3, 0.4) is 0 Å². The molecular formula is C13H29NO. The van der Waals surface area contributed by atoms with Gasteiger partial charge in [0.25, 0.3) is 0 Å². The Labute approximate surface area is 96.0 Å². The van der Waals surface area contributed by atoms with Gasteiger partial charge in [0, 0.05) is 19.1 Å². The van der Waals surface area contributed by atoms with Gasteiger partial charge in [-0.05, 0) is 25.9 Å². The van der Waals surface area contributed by atoms with Crippen LogP contribution in [0.25, 0.3) is 0 Å². The van der Waals surface area contributed by atoms with Crippen LogP contribution in [0.5, 0.6) is 0 Å². The summed E-state index contributed by atoms with van der Waals surface area (Å²) >= 11 is 0. The normalized spacial score (nSPS) is 15.6. The molecule has 0 spiro atoms. The molecule has 2 nitrogen and oxygen atoms in total. The first kappa shape index (κ1) is 14.9. The number of nitrogens with zero attached hydrogens (tertiary/aromatic N) is 1. The molecule has 0 radical (unpaired) electrons. The highest BCUT2D eigenvalue weighted by Gasteiger charge is 2.28. The summed E-state index contributed by atoms with van der Waals surface area (Å²) in [6.45, 7) is 13.4. The van der Waals surface area contributed by atoms with Crippen LogP contribution < -0.4 is 0 Å². The molecule has 0 rings (SSSR count). The third-order valence-electron chi connectivity index (χ3n) is 3.43. The van der Waals surface area contributed by atoms with Gasteiger partial charge in [-0.25, -0.2) is 0 Å². The zero-order valence-electron chi connectivity index (χ0n) is 11.3. The van der Waals surface area contributed by atoms with Crippen LogP contribution in [-0.2, 0) is 4.74 Å². The second-order valence-electron chi connectivity index (χ2n) is 4.50. The first-order valence-electron chi connectivity index (χ1n) is 6.39. The second-order valence-corrected chi connectivity index (χ2v) is 4.50. The molecule has 0 bridgehead atoms. The van der Waals surface area contributed by atoms with Crippen molar-refractivity contribution in [1.82, 2.24) is 4.90 Å². The zero-order valence-corrected chi connectivity index (χ0v) is 11.3. The molecule has 92 valence electrons. The van der Waals surface area contributed by atoms with Crippen molar-refractivity contribution >= 4 is 0 Å². The average molecular weight is 215 g/mol. The van der Waals surface area contributed by atoms with Gasteiger partial charge in [-0.15, -0.1) is 0 Å². The fraction of sp³-hybridized carbons (Fsp3) is 1.00. The van der Waals surface area contributed by atoms with Crippen LogP contribution >= 0.6 is 0 Å². The molecule has 0 amide bonds. The molecule has 0 aliphatic carbocycles. The third-order valence-corrected chi connectivity index (χ3v) is 3.43. The number of rotatable bonds is 9. The Hall–Kier alpha value is -0.0800. The Kier molecular flexibility index (Phi) is 8.07. The second kappa shape index (κ2) is 8.12. The molecule has 0 aliphatic heterocycles. The number of ether oxygens (including phenoxy) is 1. The van der Waals surface area contributed by atoms with Crippen molar-refractivity contribution in [1.29, 1.82) is 0 Å². The van der Waals surface area contributed by atoms with E-state index in [4.69, 9.17) is 4.74 Å². The summed E-state index contributed by atoms with van der Waals surface area (Å²) in [4.78, 5) is 2.51. The SMILES string of the molecule is CCCC(CC)(COC)CN(CC)CC. The summed E-state index contributed by atoms with van der Waals surface area (Å²) in [5.41, 5.74) is 0.371. The Balaban J connectivity index is 4.43. The first-order chi connectivity index (χ1) is 7.17. The van der Waals surface area contributed by atoms with Gasteiger partial charge in [-0.3, -0.25) is 0 Å². The van der Waals surface area contributed by atoms with Gasteiger partial charge in [0.2, 0.25) is 0 Å². The van der Waals surface area contributed by atoms with E-state index in [1.165, 1.54) is 25.8 Å². The average Bonchev–Trinajstić information content (AvgIpc) is 2.26. The van der Waals surface area contributed by atoms with Crippen LogP contribution in [0, 0.1) is 5.41 Å². The van der Waals surface area contributed by atoms with Crippen LogP contribution in [-0.4, -0.2) is 38.3 Å². The van der Waals surface area contributed by atoms with Gasteiger partial charge < -0.3 is 9.64 Å². The lowest BCUT2D eigenvalue weighted by Crippen LogP contribution is -2.40. The maximum atomic E-state index is 5.41. The molecule has 0 fully saturated rings. The molecule has 0 aromatic heterocycles. The van der Waals surface area contributed by atoms with Gasteiger partial charge in [-0.2, -0.15) is 0 Å². The summed E-state index contributed by atoms with van der Waals surface area (Å²) < 4.78 is 5.41. The predicted molar refractivity (Wildman–Crippen MR) is 67.3 cm³/mol. The largest absolute Gasteiger partial charge is 0.384 e. The minimum Gasteiger partial charge on any atom is -0.384 e. The molecule has 15 heavy (non-hydrogen) atoms. The fourth-order valence-electron chi connectivity index (χ4n) is 2.35. The van der Waals surface area contributed by atoms with Crippen molar-refractivity contribution < 1.29 is 4.74 Å². The van der Waals surface area contributed by atoms with Crippen molar-refractivity contribution in [2.75, 3.05) is 33.4 Å². The van der Waals surface area contributed by atoms with Gasteiger partial charge >= 0.3 is 0 Å². The number of hydrogen-bond acceptors (Lipinski definition) is 2. The molecule has 0 aromatic carbocycles. The Morgan fingerprint density at radius 3 is 2.00 bits per heavy atom. The minimum absolute atomic E-state index is 0.371. The third kappa shape index (κ3) is 4.98. The van der Waals surface area contributed by atoms with Gasteiger partial charge in [0.15, 0.2) is 0 Å². The summed E-state index contributed by atoms with van der Waals surface area (Å²) in [5, 5.41) is 0. The molecular weight excluding hydrogens is 186 g/mol. The van der Waals surface area contributed by atoms with Gasteiger partial charge in [0.05, 0.1) is 6.61 Å². The molecule has 0 N–H and O–H groups in total. The van der Waals surface area contributed by atoms with E-state index >= 15 is 0 Å². The summed E-state index contributed by atoms with van der Waals surface area (Å²) in [7, 11) is 1.82. The quantitative estimate of drug-likeness (QED) is 0.586. The van der Waals surface area contributed by atoms with E-state index in [9.17, 15) is 0 Å². The van der Waals surface area contributed by atoms with Crippen LogP contribution in [0.1, 0.15) is 47.0 Å². The van der Waals surface area contributed by atoms with E-state index in [1.54, 1.807) is 0 Å². The highest BCUT2D eigenvalue weighted by Crippen LogP contribution is 2.29. The zero-order chi connectivity index (χ0) is 11.7. The van der Waals surface area contributed by atoms with E-state index in [1.807, 2.05) is 7.11 Å². The van der Waals surface area contributed by atoms with Crippen LogP contribution in [0.2, 0.25) is 0 Å². The standard InChI is InChI=1S/C13H29NO/c1-6-10-13(7-2,12-15-5)11-14(8-3)9-4/h6-12H2,1-5H3. The van der Waals surface area contributed by atoms with Crippen molar-refractivity contribution in [2.45, 2.75) is 47.0 Å². The van der Waals surface area contributed by atoms with Crippen molar-refractivity contribution in [2.24, 2.45) is 5.41 Å². The van der Waals surface area contributed by atoms with Crippen molar-refractivity contribution in [3.63, 3.8) is 0 Å². The van der Waals surface area contributed by atoms with Crippen LogP contribution in [0.4, 0.5) is 0 Å². The molecule has 0 saturated heterocycles. The molecule has 0 heterocycles. The predicted octanol–water partition coefficient (Wildman–Crippen LogP) is 3.17. The molecule has 0 aliphatic rings. The van der Waals surface area contributed by atoms with Crippen LogP contribution in [0.15, 0.2) is 0 Å². The maximum absolute atomic E-state index is 5.41. The number of methoxy groups -OCH3 is 1. The van der Waals surface area contributed by atoms with Gasteiger partial charge in [-0.1, -0.05) is 34.1 Å². The topological polar surface area (TPSA) is 12.5 Å². The Morgan fingerprint density at radius 2 is 1.67 bits per heavy atom. The monoisotopic (exact) mass is 215 g/mol. The van der Waals surface area contributed by atoms with Crippen molar-refractivity contribution in [3.05, 3.63) is 0 Å². The first-order valence-corrected chi connectivity index (χ1v) is 6.39. The smallest absolute Gasteiger partial charge is 0.0530 e. The van der Waals surface area contributed by atoms with E-state index in [0.717, 1.165) is 19.7 Å². The lowest BCUT2D eigenvalue weighted by atomic mass is 9.81. The van der Waals surface area contributed by atoms with Gasteiger partial charge in [0.1, 0.15) is 0 Å².